The van der Waals surface area contributed by atoms with E-state index >= 15 is 0 Å². The summed E-state index contributed by atoms with van der Waals surface area (Å²) in [7, 11) is 1.64. The number of nitrogen functional groups attached to an aromatic ring is 1. The fourth-order valence-corrected chi connectivity index (χ4v) is 3.70. The summed E-state index contributed by atoms with van der Waals surface area (Å²) in [5.41, 5.74) is 9.39. The number of nitrogens with one attached hydrogen (secondary N) is 2. The summed E-state index contributed by atoms with van der Waals surface area (Å²) in [4.78, 5) is 13.1. The highest BCUT2D eigenvalue weighted by atomic mass is 35.5. The molecule has 2 aromatic heterocycles. The van der Waals surface area contributed by atoms with Crippen LogP contribution in [-0.4, -0.2) is 22.1 Å². The van der Waals surface area contributed by atoms with E-state index in [2.05, 4.69) is 25.6 Å². The van der Waals surface area contributed by atoms with Gasteiger partial charge in [-0.3, -0.25) is 0 Å². The highest BCUT2D eigenvalue weighted by molar-refractivity contribution is 7.22. The van der Waals surface area contributed by atoms with Crippen LogP contribution in [0.2, 0.25) is 5.02 Å². The van der Waals surface area contributed by atoms with E-state index in [-0.39, 0.29) is 0 Å². The van der Waals surface area contributed by atoms with Crippen molar-refractivity contribution in [3.8, 4) is 5.75 Å². The molecule has 9 heteroatoms. The average Bonchev–Trinajstić information content (AvgIpc) is 3.09. The second-order valence-corrected chi connectivity index (χ2v) is 7.51. The second-order valence-electron chi connectivity index (χ2n) is 6.05. The number of halogens is 1. The third kappa shape index (κ3) is 3.64. The first-order valence-electron chi connectivity index (χ1n) is 8.39. The third-order valence-electron chi connectivity index (χ3n) is 4.16. The van der Waals surface area contributed by atoms with Crippen LogP contribution in [0.3, 0.4) is 0 Å². The smallest absolute Gasteiger partial charge is 0.189 e. The molecule has 28 heavy (non-hydrogen) atoms. The first kappa shape index (κ1) is 18.3. The lowest BCUT2D eigenvalue weighted by atomic mass is 10.2. The molecule has 2 aromatic carbocycles. The van der Waals surface area contributed by atoms with Crippen molar-refractivity contribution in [2.24, 2.45) is 0 Å². The number of nitrogens with two attached hydrogens (primary N) is 1. The number of ether oxygens (including phenoxy) is 1. The van der Waals surface area contributed by atoms with Crippen molar-refractivity contribution < 1.29 is 4.74 Å². The Hall–Kier alpha value is -3.10. The maximum Gasteiger partial charge on any atom is 0.189 e. The molecule has 0 unspecified atom stereocenters. The second kappa shape index (κ2) is 7.49. The number of methoxy groups -OCH3 is 1. The number of nitrogens with zero attached hydrogens (tertiary/aromatic N) is 3. The van der Waals surface area contributed by atoms with Gasteiger partial charge >= 0.3 is 0 Å². The lowest BCUT2D eigenvalue weighted by Gasteiger charge is -2.13. The fourth-order valence-electron chi connectivity index (χ4n) is 2.64. The lowest BCUT2D eigenvalue weighted by Crippen LogP contribution is -2.05. The van der Waals surface area contributed by atoms with Gasteiger partial charge in [0.15, 0.2) is 16.8 Å². The summed E-state index contributed by atoms with van der Waals surface area (Å²) in [5.74, 6) is 1.75. The Morgan fingerprint density at radius 3 is 2.64 bits per heavy atom. The van der Waals surface area contributed by atoms with E-state index in [4.69, 9.17) is 22.1 Å². The zero-order chi connectivity index (χ0) is 19.7. The summed E-state index contributed by atoms with van der Waals surface area (Å²) < 4.78 is 6.26. The topological polar surface area (TPSA) is 98.0 Å². The Labute approximate surface area is 170 Å². The lowest BCUT2D eigenvalue weighted by molar-refractivity contribution is 0.415. The van der Waals surface area contributed by atoms with Crippen LogP contribution < -0.4 is 21.1 Å². The van der Waals surface area contributed by atoms with Crippen LogP contribution in [0.15, 0.2) is 42.7 Å². The van der Waals surface area contributed by atoms with Gasteiger partial charge in [-0.25, -0.2) is 15.0 Å². The summed E-state index contributed by atoms with van der Waals surface area (Å²) in [6.45, 7) is 1.98. The van der Waals surface area contributed by atoms with Gasteiger partial charge in [0.25, 0.3) is 0 Å². The molecule has 4 N–H and O–H groups in total. The molecule has 0 saturated heterocycles. The fraction of sp³-hybridized carbons (Fsp3) is 0.105. The molecule has 4 aromatic rings. The van der Waals surface area contributed by atoms with Crippen LogP contribution in [0.25, 0.3) is 10.2 Å². The van der Waals surface area contributed by atoms with Gasteiger partial charge < -0.3 is 21.1 Å². The maximum absolute atomic E-state index is 6.28. The SMILES string of the molecule is COc1ccc2nc(Nc3ncnc(Nc4cc(Cl)ccc4C)c3N)sc2c1. The Morgan fingerprint density at radius 2 is 1.86 bits per heavy atom. The van der Waals surface area contributed by atoms with Crippen LogP contribution in [0.5, 0.6) is 5.75 Å². The normalized spacial score (nSPS) is 10.8. The molecule has 0 saturated carbocycles. The van der Waals surface area contributed by atoms with Crippen molar-refractivity contribution >= 4 is 61.3 Å². The molecule has 0 aliphatic heterocycles. The first-order chi connectivity index (χ1) is 13.5. The summed E-state index contributed by atoms with van der Waals surface area (Å²) in [6, 6.07) is 11.3. The molecule has 0 aliphatic rings. The van der Waals surface area contributed by atoms with Gasteiger partial charge in [-0.05, 0) is 42.8 Å². The van der Waals surface area contributed by atoms with E-state index in [0.29, 0.717) is 27.5 Å². The van der Waals surface area contributed by atoms with E-state index < -0.39 is 0 Å². The van der Waals surface area contributed by atoms with E-state index in [1.54, 1.807) is 7.11 Å². The number of aryl methyl sites for hydroxylation is 1. The molecule has 0 atom stereocenters. The van der Waals surface area contributed by atoms with Gasteiger partial charge in [0.1, 0.15) is 17.8 Å². The monoisotopic (exact) mass is 412 g/mol. The summed E-state index contributed by atoms with van der Waals surface area (Å²) >= 11 is 7.58. The number of thiazole rings is 1. The van der Waals surface area contributed by atoms with Gasteiger partial charge in [-0.1, -0.05) is 29.0 Å². The minimum absolute atomic E-state index is 0.388. The zero-order valence-electron chi connectivity index (χ0n) is 15.2. The number of fused-ring (bicyclic) bond motifs is 1. The Kier molecular flexibility index (Phi) is 4.89. The predicted molar refractivity (Wildman–Crippen MR) is 115 cm³/mol. The molecular formula is C19H17ClN6OS. The molecular weight excluding hydrogens is 396 g/mol. The van der Waals surface area contributed by atoms with Crippen LogP contribution in [-0.2, 0) is 0 Å². The van der Waals surface area contributed by atoms with Crippen molar-refractivity contribution in [3.63, 3.8) is 0 Å². The Balaban J connectivity index is 1.62. The number of rotatable bonds is 5. The Bertz CT molecular complexity index is 1160. The highest BCUT2D eigenvalue weighted by Crippen LogP contribution is 2.34. The van der Waals surface area contributed by atoms with Crippen molar-refractivity contribution in [2.45, 2.75) is 6.92 Å². The van der Waals surface area contributed by atoms with Crippen LogP contribution >= 0.6 is 22.9 Å². The molecule has 0 spiro atoms. The largest absolute Gasteiger partial charge is 0.497 e. The number of aromatic nitrogens is 3. The van der Waals surface area contributed by atoms with Crippen LogP contribution in [0.4, 0.5) is 28.1 Å². The summed E-state index contributed by atoms with van der Waals surface area (Å²) in [6.07, 6.45) is 1.44. The molecule has 142 valence electrons. The molecule has 0 bridgehead atoms. The minimum atomic E-state index is 0.388. The van der Waals surface area contributed by atoms with E-state index in [0.717, 1.165) is 27.2 Å². The van der Waals surface area contributed by atoms with Crippen LogP contribution in [0.1, 0.15) is 5.56 Å². The molecule has 2 heterocycles. The van der Waals surface area contributed by atoms with Gasteiger partial charge in [0.05, 0.1) is 17.3 Å². The van der Waals surface area contributed by atoms with Gasteiger partial charge in [-0.2, -0.15) is 0 Å². The van der Waals surface area contributed by atoms with Crippen molar-refractivity contribution in [1.29, 1.82) is 0 Å². The predicted octanol–water partition coefficient (Wildman–Crippen LogP) is 5.13. The van der Waals surface area contributed by atoms with Gasteiger partial charge in [0.2, 0.25) is 0 Å². The van der Waals surface area contributed by atoms with Gasteiger partial charge in [-0.15, -0.1) is 0 Å². The average molecular weight is 413 g/mol. The van der Waals surface area contributed by atoms with Gasteiger partial charge in [0, 0.05) is 10.7 Å². The number of benzene rings is 2. The van der Waals surface area contributed by atoms with Crippen molar-refractivity contribution in [2.75, 3.05) is 23.5 Å². The molecule has 0 fully saturated rings. The Morgan fingerprint density at radius 1 is 1.07 bits per heavy atom. The number of hydrogen-bond donors (Lipinski definition) is 3. The maximum atomic E-state index is 6.28. The van der Waals surface area contributed by atoms with Crippen molar-refractivity contribution in [3.05, 3.63) is 53.3 Å². The quantitative estimate of drug-likeness (QED) is 0.418. The molecule has 4 rings (SSSR count). The summed E-state index contributed by atoms with van der Waals surface area (Å²) in [5, 5.41) is 7.70. The highest BCUT2D eigenvalue weighted by Gasteiger charge is 2.12. The molecule has 7 nitrogen and oxygen atoms in total. The van der Waals surface area contributed by atoms with E-state index in [9.17, 15) is 0 Å². The minimum Gasteiger partial charge on any atom is -0.497 e. The third-order valence-corrected chi connectivity index (χ3v) is 5.33. The number of anilines is 5. The standard InChI is InChI=1S/C19H17ClN6OS/c1-10-3-4-11(20)7-14(10)24-17-16(21)18(23-9-22-17)26-19-25-13-6-5-12(27-2)8-15(13)28-19/h3-9H,21H2,1-2H3,(H2,22,23,24,25,26). The van der Waals surface area contributed by atoms with E-state index in [1.807, 2.05) is 43.3 Å². The molecule has 0 amide bonds. The van der Waals surface area contributed by atoms with Crippen LogP contribution in [0, 0.1) is 6.92 Å². The molecule has 0 radical (unpaired) electrons. The zero-order valence-corrected chi connectivity index (χ0v) is 16.7. The van der Waals surface area contributed by atoms with Crippen molar-refractivity contribution in [1.82, 2.24) is 15.0 Å². The van der Waals surface area contributed by atoms with E-state index in [1.165, 1.54) is 17.7 Å². The first-order valence-corrected chi connectivity index (χ1v) is 9.58. The number of hydrogen-bond acceptors (Lipinski definition) is 8. The molecule has 0 aliphatic carbocycles.